The van der Waals surface area contributed by atoms with Crippen molar-refractivity contribution < 1.29 is 14.3 Å². The molecule has 0 saturated carbocycles. The fraction of sp³-hybridized carbons (Fsp3) is 0.250. The van der Waals surface area contributed by atoms with Crippen molar-refractivity contribution in [1.82, 2.24) is 14.5 Å². The zero-order valence-electron chi connectivity index (χ0n) is 17.8. The molecule has 31 heavy (non-hydrogen) atoms. The van der Waals surface area contributed by atoms with Crippen LogP contribution in [-0.4, -0.2) is 32.1 Å². The van der Waals surface area contributed by atoms with Crippen LogP contribution in [0.15, 0.2) is 54.7 Å². The third kappa shape index (κ3) is 4.09. The number of nitrogens with one attached hydrogen (secondary N) is 1. The number of aliphatic hydroxyl groups is 1. The number of aromatic nitrogens is 2. The van der Waals surface area contributed by atoms with E-state index in [1.807, 2.05) is 35.8 Å². The second kappa shape index (κ2) is 8.00. The molecule has 0 bridgehead atoms. The van der Waals surface area contributed by atoms with Gasteiger partial charge in [-0.05, 0) is 57.2 Å². The highest BCUT2D eigenvalue weighted by Crippen LogP contribution is 2.34. The fourth-order valence-corrected chi connectivity index (χ4v) is 3.40. The zero-order valence-corrected chi connectivity index (χ0v) is 17.8. The highest BCUT2D eigenvalue weighted by Gasteiger charge is 2.33. The molecule has 2 heterocycles. The van der Waals surface area contributed by atoms with Crippen LogP contribution in [0.4, 0.5) is 15.9 Å². The van der Waals surface area contributed by atoms with Gasteiger partial charge >= 0.3 is 0 Å². The Morgan fingerprint density at radius 1 is 1.13 bits per heavy atom. The molecule has 0 saturated heterocycles. The van der Waals surface area contributed by atoms with E-state index in [0.29, 0.717) is 11.5 Å². The van der Waals surface area contributed by atoms with E-state index in [-0.39, 0.29) is 24.9 Å². The van der Waals surface area contributed by atoms with Gasteiger partial charge in [-0.3, -0.25) is 9.36 Å². The molecule has 7 heteroatoms. The molecule has 2 aromatic carbocycles. The average Bonchev–Trinajstić information content (AvgIpc) is 3.12. The monoisotopic (exact) mass is 420 g/mol. The van der Waals surface area contributed by atoms with Crippen LogP contribution in [0.2, 0.25) is 0 Å². The summed E-state index contributed by atoms with van der Waals surface area (Å²) in [6, 6.07) is 14.2. The summed E-state index contributed by atoms with van der Waals surface area (Å²) in [7, 11) is 0. The Morgan fingerprint density at radius 3 is 2.45 bits per heavy atom. The van der Waals surface area contributed by atoms with Crippen LogP contribution in [0.5, 0.6) is 0 Å². The first-order chi connectivity index (χ1) is 14.8. The third-order valence-electron chi connectivity index (χ3n) is 5.36. The summed E-state index contributed by atoms with van der Waals surface area (Å²) < 4.78 is 15.4. The first-order valence-corrected chi connectivity index (χ1v) is 10.1. The predicted molar refractivity (Wildman–Crippen MR) is 119 cm³/mol. The van der Waals surface area contributed by atoms with Crippen LogP contribution in [0.3, 0.4) is 0 Å². The van der Waals surface area contributed by atoms with E-state index in [1.54, 1.807) is 43.3 Å². The van der Waals surface area contributed by atoms with E-state index < -0.39 is 5.41 Å². The van der Waals surface area contributed by atoms with Gasteiger partial charge in [0.05, 0.1) is 18.6 Å². The van der Waals surface area contributed by atoms with Crippen LogP contribution < -0.4 is 5.32 Å². The Labute approximate surface area is 180 Å². The highest BCUT2D eigenvalue weighted by atomic mass is 19.1. The first kappa shape index (κ1) is 20.8. The number of nitrogens with zero attached hydrogens (tertiary/aromatic N) is 3. The molecule has 2 N–H and O–H groups in total. The SMILES string of the molecule is Cc1ccc(Nc2c(-c3ccc(F)cc3)nc3n2C=CN(C(=O)C(C)(C)CO)C3)cc1. The molecule has 1 aromatic heterocycles. The van der Waals surface area contributed by atoms with Gasteiger partial charge in [0.2, 0.25) is 5.91 Å². The van der Waals surface area contributed by atoms with Crippen LogP contribution in [0.25, 0.3) is 17.5 Å². The summed E-state index contributed by atoms with van der Waals surface area (Å²) in [5, 5.41) is 13.0. The predicted octanol–water partition coefficient (Wildman–Crippen LogP) is 4.53. The van der Waals surface area contributed by atoms with Crippen molar-refractivity contribution in [1.29, 1.82) is 0 Å². The molecule has 160 valence electrons. The molecule has 0 spiro atoms. The van der Waals surface area contributed by atoms with Crippen molar-refractivity contribution in [2.75, 3.05) is 11.9 Å². The minimum atomic E-state index is -0.887. The number of hydrogen-bond donors (Lipinski definition) is 2. The number of aryl methyl sites for hydroxylation is 1. The van der Waals surface area contributed by atoms with Crippen LogP contribution in [0, 0.1) is 18.2 Å². The summed E-state index contributed by atoms with van der Waals surface area (Å²) in [5.41, 5.74) is 2.59. The van der Waals surface area contributed by atoms with E-state index >= 15 is 0 Å². The summed E-state index contributed by atoms with van der Waals surface area (Å²) in [6.45, 7) is 5.46. The molecule has 0 unspecified atom stereocenters. The lowest BCUT2D eigenvalue weighted by Gasteiger charge is -2.30. The van der Waals surface area contributed by atoms with Gasteiger partial charge in [0.25, 0.3) is 0 Å². The Bertz CT molecular complexity index is 1130. The average molecular weight is 420 g/mol. The molecule has 0 atom stereocenters. The summed E-state index contributed by atoms with van der Waals surface area (Å²) in [5.74, 6) is 0.897. The standard InChI is InChI=1S/C24H25FN4O2/c1-16-4-10-19(11-5-16)26-22-21(17-6-8-18(25)9-7-17)27-20-14-28(12-13-29(20)22)23(31)24(2,3)15-30/h4-13,26,30H,14-15H2,1-3H3. The second-order valence-corrected chi connectivity index (χ2v) is 8.37. The van der Waals surface area contributed by atoms with Gasteiger partial charge in [0.15, 0.2) is 0 Å². The Kier molecular flexibility index (Phi) is 5.37. The molecule has 1 aliphatic rings. The number of anilines is 2. The number of rotatable bonds is 5. The van der Waals surface area contributed by atoms with E-state index in [0.717, 1.165) is 22.6 Å². The van der Waals surface area contributed by atoms with Crippen molar-refractivity contribution in [3.63, 3.8) is 0 Å². The summed E-state index contributed by atoms with van der Waals surface area (Å²) >= 11 is 0. The molecule has 1 amide bonds. The number of amides is 1. The number of hydrogen-bond acceptors (Lipinski definition) is 4. The molecule has 3 aromatic rings. The Morgan fingerprint density at radius 2 is 1.81 bits per heavy atom. The van der Waals surface area contributed by atoms with Crippen molar-refractivity contribution in [2.24, 2.45) is 5.41 Å². The van der Waals surface area contributed by atoms with Gasteiger partial charge in [-0.25, -0.2) is 9.37 Å². The number of carbonyl (C=O) groups excluding carboxylic acids is 1. The first-order valence-electron chi connectivity index (χ1n) is 10.1. The quantitative estimate of drug-likeness (QED) is 0.636. The number of carbonyl (C=O) groups is 1. The maximum atomic E-state index is 13.5. The number of imidazole rings is 1. The van der Waals surface area contributed by atoms with Crippen LogP contribution in [0.1, 0.15) is 25.2 Å². The van der Waals surface area contributed by atoms with Crippen molar-refractivity contribution in [2.45, 2.75) is 27.3 Å². The van der Waals surface area contributed by atoms with E-state index in [2.05, 4.69) is 5.32 Å². The van der Waals surface area contributed by atoms with Crippen molar-refractivity contribution in [3.05, 3.63) is 71.9 Å². The maximum Gasteiger partial charge on any atom is 0.234 e. The minimum absolute atomic E-state index is 0.183. The van der Waals surface area contributed by atoms with Gasteiger partial charge in [-0.2, -0.15) is 0 Å². The van der Waals surface area contributed by atoms with E-state index in [4.69, 9.17) is 4.98 Å². The van der Waals surface area contributed by atoms with Gasteiger partial charge < -0.3 is 15.3 Å². The molecule has 6 nitrogen and oxygen atoms in total. The number of halogens is 1. The molecule has 0 aliphatic carbocycles. The normalized spacial score (nSPS) is 13.3. The van der Waals surface area contributed by atoms with Crippen LogP contribution in [-0.2, 0) is 11.3 Å². The van der Waals surface area contributed by atoms with Gasteiger partial charge in [0, 0.05) is 23.7 Å². The Hall–Kier alpha value is -3.45. The number of fused-ring (bicyclic) bond motifs is 1. The molecule has 0 radical (unpaired) electrons. The molecule has 0 fully saturated rings. The molecule has 4 rings (SSSR count). The highest BCUT2D eigenvalue weighted by molar-refractivity contribution is 5.84. The van der Waals surface area contributed by atoms with Gasteiger partial charge in [-0.1, -0.05) is 17.7 Å². The Balaban J connectivity index is 1.75. The minimum Gasteiger partial charge on any atom is -0.395 e. The van der Waals surface area contributed by atoms with Gasteiger partial charge in [-0.15, -0.1) is 0 Å². The topological polar surface area (TPSA) is 70.4 Å². The molecular formula is C24H25FN4O2. The lowest BCUT2D eigenvalue weighted by Crippen LogP contribution is -2.41. The second-order valence-electron chi connectivity index (χ2n) is 8.37. The van der Waals surface area contributed by atoms with E-state index in [9.17, 15) is 14.3 Å². The van der Waals surface area contributed by atoms with Gasteiger partial charge in [0.1, 0.15) is 23.2 Å². The van der Waals surface area contributed by atoms with Crippen molar-refractivity contribution in [3.8, 4) is 11.3 Å². The summed E-state index contributed by atoms with van der Waals surface area (Å²) in [6.07, 6.45) is 3.48. The van der Waals surface area contributed by atoms with Crippen molar-refractivity contribution >= 4 is 23.6 Å². The largest absolute Gasteiger partial charge is 0.395 e. The maximum absolute atomic E-state index is 13.5. The lowest BCUT2D eigenvalue weighted by molar-refractivity contribution is -0.140. The zero-order chi connectivity index (χ0) is 22.2. The fourth-order valence-electron chi connectivity index (χ4n) is 3.40. The van der Waals surface area contributed by atoms with E-state index in [1.165, 1.54) is 12.1 Å². The molecule has 1 aliphatic heterocycles. The molecular weight excluding hydrogens is 395 g/mol. The lowest BCUT2D eigenvalue weighted by atomic mass is 9.93. The summed E-state index contributed by atoms with van der Waals surface area (Å²) in [4.78, 5) is 19.1. The van der Waals surface area contributed by atoms with Crippen LogP contribution >= 0.6 is 0 Å². The third-order valence-corrected chi connectivity index (χ3v) is 5.36. The number of aliphatic hydroxyl groups excluding tert-OH is 1. The number of benzene rings is 2. The smallest absolute Gasteiger partial charge is 0.234 e.